The van der Waals surface area contributed by atoms with Gasteiger partial charge in [0.15, 0.2) is 11.6 Å². The fraction of sp³-hybridized carbons (Fsp3) is 0.259. The zero-order valence-corrected chi connectivity index (χ0v) is 18.9. The molecule has 170 valence electrons. The van der Waals surface area contributed by atoms with Crippen LogP contribution in [0.3, 0.4) is 0 Å². The fourth-order valence-corrected chi connectivity index (χ4v) is 5.12. The van der Waals surface area contributed by atoms with E-state index in [1.54, 1.807) is 13.2 Å². The molecule has 2 aliphatic heterocycles. The molecule has 0 fully saturated rings. The van der Waals surface area contributed by atoms with Gasteiger partial charge in [-0.3, -0.25) is 0 Å². The van der Waals surface area contributed by atoms with Crippen LogP contribution in [0.5, 0.6) is 11.5 Å². The predicted molar refractivity (Wildman–Crippen MR) is 123 cm³/mol. The van der Waals surface area contributed by atoms with E-state index >= 15 is 0 Å². The van der Waals surface area contributed by atoms with Crippen LogP contribution in [-0.4, -0.2) is 12.6 Å². The highest BCUT2D eigenvalue weighted by atomic mass is 19.1. The lowest BCUT2D eigenvalue weighted by Gasteiger charge is -2.42. The van der Waals surface area contributed by atoms with Gasteiger partial charge in [0.05, 0.1) is 12.6 Å². The quantitative estimate of drug-likeness (QED) is 0.452. The van der Waals surface area contributed by atoms with E-state index in [-0.39, 0.29) is 24.1 Å². The second-order valence-corrected chi connectivity index (χ2v) is 9.06. The highest BCUT2D eigenvalue weighted by Gasteiger charge is 2.38. The Hall–Kier alpha value is -3.41. The van der Waals surface area contributed by atoms with Crippen molar-refractivity contribution >= 4 is 11.8 Å². The van der Waals surface area contributed by atoms with E-state index in [0.29, 0.717) is 16.9 Å². The summed E-state index contributed by atoms with van der Waals surface area (Å²) in [5, 5.41) is 3.58. The fourth-order valence-electron chi connectivity index (χ4n) is 5.12. The first kappa shape index (κ1) is 21.4. The van der Waals surface area contributed by atoms with E-state index < -0.39 is 17.2 Å². The number of hydrogen-bond acceptors (Lipinski definition) is 3. The third kappa shape index (κ3) is 3.45. The first-order valence-corrected chi connectivity index (χ1v) is 10.8. The number of anilines is 1. The van der Waals surface area contributed by atoms with E-state index in [9.17, 15) is 13.2 Å². The van der Waals surface area contributed by atoms with Crippen LogP contribution in [0.25, 0.3) is 17.2 Å². The van der Waals surface area contributed by atoms with Gasteiger partial charge in [0.1, 0.15) is 24.0 Å². The summed E-state index contributed by atoms with van der Waals surface area (Å²) in [5.41, 5.74) is 5.25. The number of methoxy groups -OCH3 is 1. The monoisotopic (exact) mass is 451 g/mol. The van der Waals surface area contributed by atoms with E-state index in [1.165, 1.54) is 18.2 Å². The normalized spacial score (nSPS) is 19.1. The number of hydrogen-bond donors (Lipinski definition) is 1. The molecular formula is C27H24F3NO2. The minimum absolute atomic E-state index is 0.0669. The second kappa shape index (κ2) is 7.58. The van der Waals surface area contributed by atoms with Crippen LogP contribution in [0.15, 0.2) is 48.0 Å². The van der Waals surface area contributed by atoms with Crippen LogP contribution in [-0.2, 0) is 6.61 Å². The molecule has 0 aliphatic carbocycles. The first-order valence-electron chi connectivity index (χ1n) is 10.8. The van der Waals surface area contributed by atoms with Gasteiger partial charge >= 0.3 is 0 Å². The molecule has 0 amide bonds. The molecule has 1 unspecified atom stereocenters. The van der Waals surface area contributed by atoms with Gasteiger partial charge in [0.25, 0.3) is 0 Å². The molecule has 3 aromatic carbocycles. The van der Waals surface area contributed by atoms with Crippen molar-refractivity contribution in [1.82, 2.24) is 0 Å². The molecule has 3 aromatic rings. The summed E-state index contributed by atoms with van der Waals surface area (Å²) in [7, 11) is 1.56. The molecule has 1 atom stereocenters. The highest BCUT2D eigenvalue weighted by molar-refractivity contribution is 5.82. The Morgan fingerprint density at radius 3 is 2.58 bits per heavy atom. The summed E-state index contributed by atoms with van der Waals surface area (Å²) in [6.45, 7) is 6.40. The molecule has 0 aromatic heterocycles. The Kier molecular flexibility index (Phi) is 4.92. The number of fused-ring (bicyclic) bond motifs is 5. The maximum absolute atomic E-state index is 14.3. The van der Waals surface area contributed by atoms with Gasteiger partial charge in [-0.2, -0.15) is 0 Å². The predicted octanol–water partition coefficient (Wildman–Crippen LogP) is 7.06. The molecule has 0 spiro atoms. The van der Waals surface area contributed by atoms with Crippen molar-refractivity contribution in [3.63, 3.8) is 0 Å². The third-order valence-corrected chi connectivity index (χ3v) is 6.59. The Morgan fingerprint density at radius 2 is 1.82 bits per heavy atom. The average Bonchev–Trinajstić information content (AvgIpc) is 2.75. The minimum Gasteiger partial charge on any atom is -0.496 e. The van der Waals surface area contributed by atoms with Crippen molar-refractivity contribution in [1.29, 1.82) is 0 Å². The molecule has 2 heterocycles. The lowest BCUT2D eigenvalue weighted by atomic mass is 9.73. The van der Waals surface area contributed by atoms with Crippen LogP contribution in [0, 0.1) is 17.5 Å². The largest absolute Gasteiger partial charge is 0.496 e. The van der Waals surface area contributed by atoms with E-state index in [1.807, 2.05) is 18.2 Å². The topological polar surface area (TPSA) is 30.5 Å². The minimum atomic E-state index is -0.709. The van der Waals surface area contributed by atoms with Crippen molar-refractivity contribution < 1.29 is 22.6 Å². The molecule has 0 bridgehead atoms. The molecular weight excluding hydrogens is 427 g/mol. The Balaban J connectivity index is 1.69. The number of halogens is 3. The number of nitrogens with one attached hydrogen (secondary N) is 1. The molecule has 1 N–H and O–H groups in total. The van der Waals surface area contributed by atoms with Gasteiger partial charge in [-0.05, 0) is 67.0 Å². The van der Waals surface area contributed by atoms with Gasteiger partial charge in [0.2, 0.25) is 0 Å². The summed E-state index contributed by atoms with van der Waals surface area (Å²) in [5.74, 6) is -1.12. The first-order chi connectivity index (χ1) is 15.7. The van der Waals surface area contributed by atoms with Crippen LogP contribution in [0.4, 0.5) is 18.9 Å². The zero-order valence-electron chi connectivity index (χ0n) is 18.9. The van der Waals surface area contributed by atoms with Gasteiger partial charge in [0, 0.05) is 34.4 Å². The van der Waals surface area contributed by atoms with Gasteiger partial charge < -0.3 is 14.8 Å². The molecule has 0 saturated carbocycles. The zero-order chi connectivity index (χ0) is 23.5. The van der Waals surface area contributed by atoms with Crippen molar-refractivity contribution in [2.45, 2.75) is 38.8 Å². The lowest BCUT2D eigenvalue weighted by molar-refractivity contribution is 0.284. The molecule has 33 heavy (non-hydrogen) atoms. The van der Waals surface area contributed by atoms with Crippen molar-refractivity contribution in [2.75, 3.05) is 12.4 Å². The van der Waals surface area contributed by atoms with Gasteiger partial charge in [-0.1, -0.05) is 13.0 Å². The van der Waals surface area contributed by atoms with Crippen molar-refractivity contribution in [3.8, 4) is 22.6 Å². The number of rotatable bonds is 2. The summed E-state index contributed by atoms with van der Waals surface area (Å²) in [4.78, 5) is 0. The van der Waals surface area contributed by atoms with Crippen LogP contribution < -0.4 is 14.8 Å². The maximum Gasteiger partial charge on any atom is 0.168 e. The molecule has 5 rings (SSSR count). The standard InChI is InChI=1S/C27H24F3NO2/c1-14-21(10-15-9-16(28)5-8-24(15)32-4)27(2,3)31-23-7-6-18-19-11-17(29)12-22(30)26(19)33-13-20(18)25(14)23/h5-12,14,31H,13H2,1-4H3. The van der Waals surface area contributed by atoms with Gasteiger partial charge in [-0.15, -0.1) is 0 Å². The SMILES string of the molecule is COc1ccc(F)cc1C=C1C(C)c2c(ccc3c2COc2c(F)cc(F)cc2-3)NC1(C)C. The Morgan fingerprint density at radius 1 is 1.03 bits per heavy atom. The second-order valence-electron chi connectivity index (χ2n) is 9.06. The molecule has 0 saturated heterocycles. The van der Waals surface area contributed by atoms with E-state index in [2.05, 4.69) is 26.1 Å². The summed E-state index contributed by atoms with van der Waals surface area (Å²) in [6, 6.07) is 10.4. The summed E-state index contributed by atoms with van der Waals surface area (Å²) >= 11 is 0. The number of ether oxygens (including phenoxy) is 2. The van der Waals surface area contributed by atoms with E-state index in [0.717, 1.165) is 34.0 Å². The smallest absolute Gasteiger partial charge is 0.168 e. The van der Waals surface area contributed by atoms with E-state index in [4.69, 9.17) is 9.47 Å². The molecule has 2 aliphatic rings. The van der Waals surface area contributed by atoms with Crippen LogP contribution >= 0.6 is 0 Å². The lowest BCUT2D eigenvalue weighted by Crippen LogP contribution is -2.40. The van der Waals surface area contributed by atoms with Crippen LogP contribution in [0.2, 0.25) is 0 Å². The molecule has 3 nitrogen and oxygen atoms in total. The molecule has 6 heteroatoms. The highest BCUT2D eigenvalue weighted by Crippen LogP contribution is 2.50. The summed E-state index contributed by atoms with van der Waals surface area (Å²) in [6.07, 6.45) is 1.96. The van der Waals surface area contributed by atoms with Crippen LogP contribution in [0.1, 0.15) is 43.4 Å². The Bertz CT molecular complexity index is 1310. The molecule has 0 radical (unpaired) electrons. The summed E-state index contributed by atoms with van der Waals surface area (Å²) < 4.78 is 53.6. The van der Waals surface area contributed by atoms with Gasteiger partial charge in [-0.25, -0.2) is 13.2 Å². The number of benzene rings is 3. The average molecular weight is 451 g/mol. The third-order valence-electron chi connectivity index (χ3n) is 6.59. The maximum atomic E-state index is 14.3. The Labute approximate surface area is 190 Å². The van der Waals surface area contributed by atoms with Crippen molar-refractivity contribution in [3.05, 3.63) is 82.2 Å². The van der Waals surface area contributed by atoms with Crippen molar-refractivity contribution in [2.24, 2.45) is 0 Å².